The van der Waals surface area contributed by atoms with Crippen LogP contribution in [0.25, 0.3) is 0 Å². The lowest BCUT2D eigenvalue weighted by Gasteiger charge is -2.29. The Hall–Kier alpha value is -2.21. The molecule has 0 unspecified atom stereocenters. The van der Waals surface area contributed by atoms with E-state index in [1.54, 1.807) is 23.2 Å². The summed E-state index contributed by atoms with van der Waals surface area (Å²) in [6.07, 6.45) is 8.30. The molecule has 0 aromatic carbocycles. The Morgan fingerprint density at radius 1 is 1.38 bits per heavy atom. The highest BCUT2D eigenvalue weighted by Gasteiger charge is 2.34. The molecule has 2 aromatic heterocycles. The molecule has 1 aliphatic heterocycles. The minimum atomic E-state index is -0.0215. The summed E-state index contributed by atoms with van der Waals surface area (Å²) in [4.78, 5) is 25.4. The normalized spacial score (nSPS) is 21.1. The van der Waals surface area contributed by atoms with E-state index < -0.39 is 0 Å². The molecule has 0 aliphatic carbocycles. The fourth-order valence-corrected chi connectivity index (χ4v) is 3.68. The van der Waals surface area contributed by atoms with Crippen molar-refractivity contribution in [3.05, 3.63) is 52.8 Å². The molecule has 6 nitrogen and oxygen atoms in total. The summed E-state index contributed by atoms with van der Waals surface area (Å²) < 4.78 is 1.69. The van der Waals surface area contributed by atoms with Crippen LogP contribution in [0.5, 0.6) is 0 Å². The maximum atomic E-state index is 12.5. The summed E-state index contributed by atoms with van der Waals surface area (Å²) in [5, 5.41) is 0. The number of aryl methyl sites for hydroxylation is 1. The number of hydrogen-bond acceptors (Lipinski definition) is 5. The van der Waals surface area contributed by atoms with Crippen molar-refractivity contribution < 1.29 is 0 Å². The summed E-state index contributed by atoms with van der Waals surface area (Å²) in [6, 6.07) is 4.45. The Morgan fingerprint density at radius 2 is 2.21 bits per heavy atom. The monoisotopic (exact) mass is 327 g/mol. The number of hydrogen-bond donors (Lipinski definition) is 0. The van der Waals surface area contributed by atoms with E-state index in [9.17, 15) is 4.79 Å². The van der Waals surface area contributed by atoms with Gasteiger partial charge in [-0.1, -0.05) is 6.07 Å². The summed E-state index contributed by atoms with van der Waals surface area (Å²) in [5.41, 5.74) is 1.22. The summed E-state index contributed by atoms with van der Waals surface area (Å²) in [6.45, 7) is 4.49. The molecule has 6 heteroatoms. The van der Waals surface area contributed by atoms with E-state index in [0.29, 0.717) is 24.3 Å². The maximum Gasteiger partial charge on any atom is 0.293 e. The lowest BCUT2D eigenvalue weighted by atomic mass is 9.94. The minimum absolute atomic E-state index is 0.0215. The van der Waals surface area contributed by atoms with Crippen molar-refractivity contribution in [1.29, 1.82) is 0 Å². The third-order valence-electron chi connectivity index (χ3n) is 4.91. The summed E-state index contributed by atoms with van der Waals surface area (Å²) >= 11 is 0. The number of pyridine rings is 1. The van der Waals surface area contributed by atoms with Gasteiger partial charge in [0.2, 0.25) is 0 Å². The molecule has 2 atom stereocenters. The molecule has 128 valence electrons. The molecule has 0 saturated carbocycles. The lowest BCUT2D eigenvalue weighted by molar-refractivity contribution is 0.277. The topological polar surface area (TPSA) is 54.3 Å². The van der Waals surface area contributed by atoms with Crippen molar-refractivity contribution in [2.24, 2.45) is 5.92 Å². The second-order valence-corrected chi connectivity index (χ2v) is 6.48. The molecule has 0 amide bonds. The second kappa shape index (κ2) is 7.13. The number of aromatic nitrogens is 3. The van der Waals surface area contributed by atoms with Crippen molar-refractivity contribution in [2.75, 3.05) is 32.1 Å². The van der Waals surface area contributed by atoms with Crippen LogP contribution < -0.4 is 10.5 Å². The van der Waals surface area contributed by atoms with Crippen LogP contribution >= 0.6 is 0 Å². The molecule has 24 heavy (non-hydrogen) atoms. The smallest absolute Gasteiger partial charge is 0.293 e. The standard InChI is InChI=1S/C18H25N5O/c1-4-23-11-9-20-17(18(23)24)22(3)13-15-7-10-21(2)16(15)14-6-5-8-19-12-14/h5-6,8-9,11-12,15-16H,4,7,10,13H2,1-3H3/t15-,16-/m0/s1. The van der Waals surface area contributed by atoms with Gasteiger partial charge in [0.1, 0.15) is 0 Å². The molecular weight excluding hydrogens is 302 g/mol. The van der Waals surface area contributed by atoms with E-state index in [1.807, 2.05) is 31.1 Å². The Labute approximate surface area is 142 Å². The molecule has 1 saturated heterocycles. The van der Waals surface area contributed by atoms with Gasteiger partial charge in [-0.25, -0.2) is 4.98 Å². The first-order chi connectivity index (χ1) is 11.6. The first-order valence-electron chi connectivity index (χ1n) is 8.48. The highest BCUT2D eigenvalue weighted by atomic mass is 16.1. The van der Waals surface area contributed by atoms with Crippen molar-refractivity contribution in [3.63, 3.8) is 0 Å². The largest absolute Gasteiger partial charge is 0.355 e. The van der Waals surface area contributed by atoms with Crippen LogP contribution in [0.3, 0.4) is 0 Å². The predicted molar refractivity (Wildman–Crippen MR) is 95.2 cm³/mol. The quantitative estimate of drug-likeness (QED) is 0.838. The van der Waals surface area contributed by atoms with Crippen molar-refractivity contribution in [3.8, 4) is 0 Å². The van der Waals surface area contributed by atoms with Crippen LogP contribution in [0.2, 0.25) is 0 Å². The molecule has 0 spiro atoms. The third-order valence-corrected chi connectivity index (χ3v) is 4.91. The van der Waals surface area contributed by atoms with E-state index in [2.05, 4.69) is 28.0 Å². The van der Waals surface area contributed by atoms with E-state index in [4.69, 9.17) is 0 Å². The second-order valence-electron chi connectivity index (χ2n) is 6.48. The Kier molecular flexibility index (Phi) is 4.94. The van der Waals surface area contributed by atoms with Crippen molar-refractivity contribution >= 4 is 5.82 Å². The highest BCUT2D eigenvalue weighted by Crippen LogP contribution is 2.36. The zero-order valence-electron chi connectivity index (χ0n) is 14.6. The van der Waals surface area contributed by atoms with Crippen LogP contribution in [0.15, 0.2) is 41.7 Å². The Morgan fingerprint density at radius 3 is 2.92 bits per heavy atom. The molecule has 1 fully saturated rings. The van der Waals surface area contributed by atoms with Gasteiger partial charge < -0.3 is 9.47 Å². The highest BCUT2D eigenvalue weighted by molar-refractivity contribution is 5.35. The average Bonchev–Trinajstić information content (AvgIpc) is 2.96. The van der Waals surface area contributed by atoms with Gasteiger partial charge in [0.25, 0.3) is 5.56 Å². The predicted octanol–water partition coefficient (Wildman–Crippen LogP) is 1.79. The SMILES string of the molecule is CCn1ccnc(N(C)C[C@@H]2CCN(C)[C@H]2c2cccnc2)c1=O. The van der Waals surface area contributed by atoms with Gasteiger partial charge in [-0.2, -0.15) is 0 Å². The number of rotatable bonds is 5. The van der Waals surface area contributed by atoms with Gasteiger partial charge in [-0.3, -0.25) is 14.7 Å². The van der Waals surface area contributed by atoms with E-state index in [-0.39, 0.29) is 5.56 Å². The van der Waals surface area contributed by atoms with Crippen molar-refractivity contribution in [1.82, 2.24) is 19.4 Å². The zero-order chi connectivity index (χ0) is 17.1. The van der Waals surface area contributed by atoms with Crippen LogP contribution in [-0.2, 0) is 6.54 Å². The maximum absolute atomic E-state index is 12.5. The van der Waals surface area contributed by atoms with Crippen LogP contribution in [0.1, 0.15) is 24.9 Å². The van der Waals surface area contributed by atoms with Gasteiger partial charge in [0.15, 0.2) is 5.82 Å². The molecular formula is C18H25N5O. The minimum Gasteiger partial charge on any atom is -0.355 e. The van der Waals surface area contributed by atoms with E-state index in [0.717, 1.165) is 19.5 Å². The summed E-state index contributed by atoms with van der Waals surface area (Å²) in [5.74, 6) is 0.972. The molecule has 3 heterocycles. The van der Waals surface area contributed by atoms with E-state index in [1.165, 1.54) is 5.56 Å². The van der Waals surface area contributed by atoms with Gasteiger partial charge in [-0.15, -0.1) is 0 Å². The van der Waals surface area contributed by atoms with Gasteiger partial charge in [0.05, 0.1) is 0 Å². The molecule has 0 bridgehead atoms. The van der Waals surface area contributed by atoms with Crippen LogP contribution in [0, 0.1) is 5.92 Å². The van der Waals surface area contributed by atoms with Gasteiger partial charge >= 0.3 is 0 Å². The first kappa shape index (κ1) is 16.6. The number of nitrogens with zero attached hydrogens (tertiary/aromatic N) is 5. The summed E-state index contributed by atoms with van der Waals surface area (Å²) in [7, 11) is 4.12. The Bertz CT molecular complexity index is 730. The number of likely N-dealkylation sites (tertiary alicyclic amines) is 1. The van der Waals surface area contributed by atoms with Crippen molar-refractivity contribution in [2.45, 2.75) is 25.9 Å². The van der Waals surface area contributed by atoms with E-state index >= 15 is 0 Å². The third kappa shape index (κ3) is 3.19. The fourth-order valence-electron chi connectivity index (χ4n) is 3.68. The average molecular weight is 327 g/mol. The Balaban J connectivity index is 1.81. The number of anilines is 1. The zero-order valence-corrected chi connectivity index (χ0v) is 14.6. The fraction of sp³-hybridized carbons (Fsp3) is 0.500. The molecule has 2 aromatic rings. The van der Waals surface area contributed by atoms with Crippen LogP contribution in [0.4, 0.5) is 5.82 Å². The molecule has 0 radical (unpaired) electrons. The lowest BCUT2D eigenvalue weighted by Crippen LogP contribution is -2.35. The first-order valence-corrected chi connectivity index (χ1v) is 8.48. The molecule has 3 rings (SSSR count). The van der Waals surface area contributed by atoms with Gasteiger partial charge in [-0.05, 0) is 44.5 Å². The van der Waals surface area contributed by atoms with Crippen LogP contribution in [-0.4, -0.2) is 46.6 Å². The van der Waals surface area contributed by atoms with Gasteiger partial charge in [0, 0.05) is 51.0 Å². The molecule has 0 N–H and O–H groups in total. The molecule has 1 aliphatic rings.